The van der Waals surface area contributed by atoms with Crippen LogP contribution in [0, 0.1) is 5.92 Å². The minimum Gasteiger partial charge on any atom is -0.495 e. The van der Waals surface area contributed by atoms with Crippen molar-refractivity contribution in [3.05, 3.63) is 18.2 Å². The largest absolute Gasteiger partial charge is 0.495 e. The highest BCUT2D eigenvalue weighted by molar-refractivity contribution is 7.89. The fourth-order valence-electron chi connectivity index (χ4n) is 2.09. The standard InChI is InChI=1S/C14H24N2O3S/c1-10(2)8-11(3)16(4)20(17,18)12-6-7-13(15)14(9-12)19-5/h6-7,9-11H,8,15H2,1-5H3. The molecular formula is C14H24N2O3S. The van der Waals surface area contributed by atoms with Crippen molar-refractivity contribution in [1.29, 1.82) is 0 Å². The quantitative estimate of drug-likeness (QED) is 0.818. The molecule has 2 N–H and O–H groups in total. The highest BCUT2D eigenvalue weighted by Crippen LogP contribution is 2.27. The predicted molar refractivity (Wildman–Crippen MR) is 81.3 cm³/mol. The van der Waals surface area contributed by atoms with Crippen molar-refractivity contribution in [2.24, 2.45) is 5.92 Å². The van der Waals surface area contributed by atoms with E-state index >= 15 is 0 Å². The molecule has 0 saturated carbocycles. The molecule has 0 fully saturated rings. The molecule has 5 nitrogen and oxygen atoms in total. The summed E-state index contributed by atoms with van der Waals surface area (Å²) in [6, 6.07) is 4.45. The highest BCUT2D eigenvalue weighted by Gasteiger charge is 2.26. The molecular weight excluding hydrogens is 276 g/mol. The molecule has 0 radical (unpaired) electrons. The zero-order valence-corrected chi connectivity index (χ0v) is 13.6. The first-order valence-corrected chi connectivity index (χ1v) is 8.05. The van der Waals surface area contributed by atoms with E-state index < -0.39 is 10.0 Å². The molecule has 0 aliphatic rings. The average molecular weight is 300 g/mol. The van der Waals surface area contributed by atoms with Crippen LogP contribution in [0.25, 0.3) is 0 Å². The summed E-state index contributed by atoms with van der Waals surface area (Å²) in [5, 5.41) is 0. The lowest BCUT2D eigenvalue weighted by atomic mass is 10.1. The van der Waals surface area contributed by atoms with E-state index in [1.807, 2.05) is 6.92 Å². The van der Waals surface area contributed by atoms with Crippen LogP contribution < -0.4 is 10.5 Å². The van der Waals surface area contributed by atoms with Crippen LogP contribution in [0.2, 0.25) is 0 Å². The number of hydrogen-bond donors (Lipinski definition) is 1. The van der Waals surface area contributed by atoms with Crippen molar-refractivity contribution in [3.8, 4) is 5.75 Å². The SMILES string of the molecule is COc1cc(S(=O)(=O)N(C)C(C)CC(C)C)ccc1N. The number of hydrogen-bond acceptors (Lipinski definition) is 4. The van der Waals surface area contributed by atoms with Crippen molar-refractivity contribution in [2.75, 3.05) is 19.9 Å². The lowest BCUT2D eigenvalue weighted by Gasteiger charge is -2.25. The molecule has 0 heterocycles. The van der Waals surface area contributed by atoms with Gasteiger partial charge in [0, 0.05) is 19.2 Å². The lowest BCUT2D eigenvalue weighted by molar-refractivity contribution is 0.337. The second-order valence-electron chi connectivity index (χ2n) is 5.40. The molecule has 0 bridgehead atoms. The van der Waals surface area contributed by atoms with Gasteiger partial charge in [-0.2, -0.15) is 4.31 Å². The molecule has 0 aliphatic heterocycles. The van der Waals surface area contributed by atoms with Gasteiger partial charge in [-0.3, -0.25) is 0 Å². The fourth-order valence-corrected chi connectivity index (χ4v) is 3.47. The van der Waals surface area contributed by atoms with Gasteiger partial charge in [-0.05, 0) is 31.4 Å². The number of sulfonamides is 1. The van der Waals surface area contributed by atoms with E-state index in [1.54, 1.807) is 13.1 Å². The highest BCUT2D eigenvalue weighted by atomic mass is 32.2. The molecule has 0 saturated heterocycles. The molecule has 6 heteroatoms. The molecule has 1 aromatic carbocycles. The molecule has 0 aliphatic carbocycles. The van der Waals surface area contributed by atoms with Gasteiger partial charge in [0.25, 0.3) is 0 Å². The maximum absolute atomic E-state index is 12.6. The number of benzene rings is 1. The number of nitrogen functional groups attached to an aromatic ring is 1. The van der Waals surface area contributed by atoms with E-state index in [-0.39, 0.29) is 10.9 Å². The lowest BCUT2D eigenvalue weighted by Crippen LogP contribution is -2.35. The summed E-state index contributed by atoms with van der Waals surface area (Å²) < 4.78 is 31.6. The van der Waals surface area contributed by atoms with E-state index in [2.05, 4.69) is 13.8 Å². The summed E-state index contributed by atoms with van der Waals surface area (Å²) in [6.07, 6.45) is 0.807. The van der Waals surface area contributed by atoms with Crippen LogP contribution in [0.3, 0.4) is 0 Å². The van der Waals surface area contributed by atoms with Crippen LogP contribution in [0.4, 0.5) is 5.69 Å². The molecule has 114 valence electrons. The number of rotatable bonds is 6. The van der Waals surface area contributed by atoms with Crippen molar-refractivity contribution in [1.82, 2.24) is 4.31 Å². The van der Waals surface area contributed by atoms with E-state index in [1.165, 1.54) is 23.5 Å². The predicted octanol–water partition coefficient (Wildman–Crippen LogP) is 2.33. The maximum atomic E-state index is 12.6. The van der Waals surface area contributed by atoms with Crippen molar-refractivity contribution < 1.29 is 13.2 Å². The van der Waals surface area contributed by atoms with Crippen LogP contribution in [-0.2, 0) is 10.0 Å². The van der Waals surface area contributed by atoms with Gasteiger partial charge in [0.2, 0.25) is 10.0 Å². The maximum Gasteiger partial charge on any atom is 0.243 e. The molecule has 1 atom stereocenters. The Kier molecular flexibility index (Phi) is 5.42. The second kappa shape index (κ2) is 6.45. The number of anilines is 1. The molecule has 0 aromatic heterocycles. The first kappa shape index (κ1) is 16.8. The Morgan fingerprint density at radius 3 is 2.40 bits per heavy atom. The van der Waals surface area contributed by atoms with E-state index in [0.717, 1.165) is 6.42 Å². The summed E-state index contributed by atoms with van der Waals surface area (Å²) in [6.45, 7) is 6.05. The zero-order valence-electron chi connectivity index (χ0n) is 12.8. The van der Waals surface area contributed by atoms with E-state index in [9.17, 15) is 8.42 Å². The normalized spacial score (nSPS) is 13.8. The Labute approximate surface area is 121 Å². The van der Waals surface area contributed by atoms with Gasteiger partial charge in [-0.1, -0.05) is 13.8 Å². The minimum atomic E-state index is -3.54. The Morgan fingerprint density at radius 1 is 1.30 bits per heavy atom. The molecule has 0 amide bonds. The summed E-state index contributed by atoms with van der Waals surface area (Å²) >= 11 is 0. The third-order valence-electron chi connectivity index (χ3n) is 3.32. The molecule has 20 heavy (non-hydrogen) atoms. The molecule has 0 spiro atoms. The summed E-state index contributed by atoms with van der Waals surface area (Å²) in [4.78, 5) is 0.196. The van der Waals surface area contributed by atoms with Gasteiger partial charge in [-0.15, -0.1) is 0 Å². The Balaban J connectivity index is 3.10. The monoisotopic (exact) mass is 300 g/mol. The summed E-state index contributed by atoms with van der Waals surface area (Å²) in [5.74, 6) is 0.805. The van der Waals surface area contributed by atoms with Gasteiger partial charge >= 0.3 is 0 Å². The first-order chi connectivity index (χ1) is 9.20. The van der Waals surface area contributed by atoms with Crippen LogP contribution in [-0.4, -0.2) is 32.9 Å². The van der Waals surface area contributed by atoms with Crippen LogP contribution in [0.15, 0.2) is 23.1 Å². The summed E-state index contributed by atoms with van der Waals surface area (Å²) in [7, 11) is -0.468. The van der Waals surface area contributed by atoms with Gasteiger partial charge in [0.15, 0.2) is 0 Å². The Morgan fingerprint density at radius 2 is 1.90 bits per heavy atom. The number of ether oxygens (including phenoxy) is 1. The van der Waals surface area contributed by atoms with Crippen molar-refractivity contribution in [2.45, 2.75) is 38.1 Å². The molecule has 1 unspecified atom stereocenters. The number of nitrogens with zero attached hydrogens (tertiary/aromatic N) is 1. The zero-order chi connectivity index (χ0) is 15.5. The topological polar surface area (TPSA) is 72.6 Å². The molecule has 1 rings (SSSR count). The Bertz CT molecular complexity index is 556. The smallest absolute Gasteiger partial charge is 0.243 e. The van der Waals surface area contributed by atoms with Crippen LogP contribution in [0.1, 0.15) is 27.2 Å². The number of nitrogens with two attached hydrogens (primary N) is 1. The van der Waals surface area contributed by atoms with E-state index in [0.29, 0.717) is 17.4 Å². The fraction of sp³-hybridized carbons (Fsp3) is 0.571. The summed E-state index contributed by atoms with van der Waals surface area (Å²) in [5.41, 5.74) is 6.13. The second-order valence-corrected chi connectivity index (χ2v) is 7.40. The average Bonchev–Trinajstić information content (AvgIpc) is 2.37. The third-order valence-corrected chi connectivity index (χ3v) is 5.28. The van der Waals surface area contributed by atoms with Crippen molar-refractivity contribution in [3.63, 3.8) is 0 Å². The van der Waals surface area contributed by atoms with Gasteiger partial charge in [0.1, 0.15) is 5.75 Å². The third kappa shape index (κ3) is 3.64. The van der Waals surface area contributed by atoms with Crippen LogP contribution >= 0.6 is 0 Å². The number of methoxy groups -OCH3 is 1. The molecule has 1 aromatic rings. The van der Waals surface area contributed by atoms with Gasteiger partial charge < -0.3 is 10.5 Å². The first-order valence-electron chi connectivity index (χ1n) is 6.61. The Hall–Kier alpha value is -1.27. The van der Waals surface area contributed by atoms with Crippen molar-refractivity contribution >= 4 is 15.7 Å². The van der Waals surface area contributed by atoms with E-state index in [4.69, 9.17) is 10.5 Å². The van der Waals surface area contributed by atoms with Gasteiger partial charge in [-0.25, -0.2) is 8.42 Å². The minimum absolute atomic E-state index is 0.0662. The van der Waals surface area contributed by atoms with Crippen LogP contribution in [0.5, 0.6) is 5.75 Å². The van der Waals surface area contributed by atoms with Gasteiger partial charge in [0.05, 0.1) is 17.7 Å².